The van der Waals surface area contributed by atoms with E-state index in [0.29, 0.717) is 12.6 Å². The second-order valence-electron chi connectivity index (χ2n) is 5.82. The lowest BCUT2D eigenvalue weighted by molar-refractivity contribution is 0.321. The Labute approximate surface area is 135 Å². The number of methoxy groups -OCH3 is 1. The monoisotopic (exact) mass is 320 g/mol. The second-order valence-corrected chi connectivity index (χ2v) is 6.90. The molecule has 3 N–H and O–H groups in total. The van der Waals surface area contributed by atoms with Gasteiger partial charge >= 0.3 is 0 Å². The molecule has 0 aliphatic carbocycles. The van der Waals surface area contributed by atoms with Crippen molar-refractivity contribution in [3.63, 3.8) is 0 Å². The third-order valence-corrected chi connectivity index (χ3v) is 5.59. The number of rotatable bonds is 7. The Hall–Kier alpha value is -1.14. The molecule has 120 valence electrons. The molecule has 3 unspecified atom stereocenters. The highest BCUT2D eigenvalue weighted by atomic mass is 32.1. The lowest BCUT2D eigenvalue weighted by atomic mass is 10.1. The molecule has 0 spiro atoms. The van der Waals surface area contributed by atoms with Crippen LogP contribution in [0.3, 0.4) is 0 Å². The van der Waals surface area contributed by atoms with Gasteiger partial charge in [-0.3, -0.25) is 5.32 Å². The molecular formula is C17H24N2O2S. The summed E-state index contributed by atoms with van der Waals surface area (Å²) < 4.78 is 12.5. The molecule has 4 nitrogen and oxygen atoms in total. The molecule has 2 heterocycles. The van der Waals surface area contributed by atoms with E-state index in [1.807, 2.05) is 17.4 Å². The fourth-order valence-electron chi connectivity index (χ4n) is 2.91. The van der Waals surface area contributed by atoms with Crippen LogP contribution >= 0.6 is 11.3 Å². The molecule has 1 saturated heterocycles. The number of benzene rings is 1. The van der Waals surface area contributed by atoms with Crippen molar-refractivity contribution in [1.82, 2.24) is 5.32 Å². The first-order valence-corrected chi connectivity index (χ1v) is 8.68. The van der Waals surface area contributed by atoms with Crippen LogP contribution in [0.2, 0.25) is 0 Å². The van der Waals surface area contributed by atoms with Crippen molar-refractivity contribution >= 4 is 21.4 Å². The minimum absolute atomic E-state index is 0.105. The van der Waals surface area contributed by atoms with Gasteiger partial charge in [0.15, 0.2) is 0 Å². The lowest BCUT2D eigenvalue weighted by Gasteiger charge is -2.13. The summed E-state index contributed by atoms with van der Waals surface area (Å²) in [5, 5.41) is 4.78. The number of thiophene rings is 1. The van der Waals surface area contributed by atoms with Crippen molar-refractivity contribution < 1.29 is 9.47 Å². The van der Waals surface area contributed by atoms with Crippen molar-refractivity contribution in [3.8, 4) is 5.75 Å². The van der Waals surface area contributed by atoms with Crippen molar-refractivity contribution in [2.45, 2.75) is 45.1 Å². The summed E-state index contributed by atoms with van der Waals surface area (Å²) in [7, 11) is 1.70. The van der Waals surface area contributed by atoms with Gasteiger partial charge < -0.3 is 15.2 Å². The number of hydrogen-bond acceptors (Lipinski definition) is 5. The molecule has 0 radical (unpaired) electrons. The van der Waals surface area contributed by atoms with Crippen LogP contribution in [-0.4, -0.2) is 25.9 Å². The minimum Gasteiger partial charge on any atom is -0.497 e. The fourth-order valence-corrected chi connectivity index (χ4v) is 4.16. The van der Waals surface area contributed by atoms with Gasteiger partial charge in [-0.1, -0.05) is 13.3 Å². The zero-order valence-corrected chi connectivity index (χ0v) is 14.2. The molecule has 5 heteroatoms. The number of hydrogen-bond donors (Lipinski definition) is 2. The van der Waals surface area contributed by atoms with Crippen molar-refractivity contribution in [1.29, 1.82) is 0 Å². The zero-order valence-electron chi connectivity index (χ0n) is 13.4. The number of fused-ring (bicyclic) bond motifs is 1. The van der Waals surface area contributed by atoms with Crippen molar-refractivity contribution in [2.24, 2.45) is 5.73 Å². The number of nitrogens with one attached hydrogen (secondary N) is 1. The Balaban J connectivity index is 1.76. The average Bonchev–Trinajstić information content (AvgIpc) is 3.22. The van der Waals surface area contributed by atoms with E-state index >= 15 is 0 Å². The number of ether oxygens (including phenoxy) is 2. The van der Waals surface area contributed by atoms with E-state index < -0.39 is 0 Å². The minimum atomic E-state index is 0.105. The van der Waals surface area contributed by atoms with E-state index in [0.717, 1.165) is 18.6 Å². The molecule has 3 rings (SSSR count). The third kappa shape index (κ3) is 2.99. The van der Waals surface area contributed by atoms with Gasteiger partial charge in [0.2, 0.25) is 0 Å². The van der Waals surface area contributed by atoms with Crippen LogP contribution in [0.1, 0.15) is 36.3 Å². The van der Waals surface area contributed by atoms with Gasteiger partial charge in [-0.05, 0) is 42.5 Å². The average molecular weight is 320 g/mol. The Morgan fingerprint density at radius 3 is 2.95 bits per heavy atom. The Bertz CT molecular complexity index is 655. The van der Waals surface area contributed by atoms with E-state index in [-0.39, 0.29) is 12.3 Å². The molecule has 1 aromatic carbocycles. The van der Waals surface area contributed by atoms with Crippen molar-refractivity contribution in [3.05, 3.63) is 28.6 Å². The van der Waals surface area contributed by atoms with E-state index in [9.17, 15) is 0 Å². The topological polar surface area (TPSA) is 59.8 Å². The second kappa shape index (κ2) is 6.54. The Morgan fingerprint density at radius 1 is 1.45 bits per heavy atom. The first-order valence-electron chi connectivity index (χ1n) is 7.86. The molecule has 0 saturated carbocycles. The van der Waals surface area contributed by atoms with E-state index in [1.165, 1.54) is 20.5 Å². The summed E-state index contributed by atoms with van der Waals surface area (Å²) in [6.45, 7) is 5.00. The van der Waals surface area contributed by atoms with Crippen LogP contribution in [0, 0.1) is 6.92 Å². The lowest BCUT2D eigenvalue weighted by Crippen LogP contribution is -2.38. The van der Waals surface area contributed by atoms with Gasteiger partial charge in [0.25, 0.3) is 0 Å². The summed E-state index contributed by atoms with van der Waals surface area (Å²) in [4.78, 5) is 1.31. The summed E-state index contributed by atoms with van der Waals surface area (Å²) in [5.74, 6) is 0.900. The van der Waals surface area contributed by atoms with Gasteiger partial charge in [-0.15, -0.1) is 11.3 Å². The molecule has 1 aromatic heterocycles. The van der Waals surface area contributed by atoms with Gasteiger partial charge in [-0.2, -0.15) is 0 Å². The summed E-state index contributed by atoms with van der Waals surface area (Å²) in [5.41, 5.74) is 7.11. The van der Waals surface area contributed by atoms with E-state index in [2.05, 4.69) is 31.3 Å². The first-order chi connectivity index (χ1) is 10.7. The van der Waals surface area contributed by atoms with E-state index in [4.69, 9.17) is 15.2 Å². The molecule has 1 aliphatic heterocycles. The summed E-state index contributed by atoms with van der Waals surface area (Å²) in [6, 6.07) is 6.58. The smallest absolute Gasteiger partial charge is 0.141 e. The number of nitrogens with two attached hydrogens (primary N) is 1. The first kappa shape index (κ1) is 15.7. The maximum atomic E-state index is 5.86. The molecular weight excluding hydrogens is 296 g/mol. The Kier molecular flexibility index (Phi) is 4.68. The van der Waals surface area contributed by atoms with Crippen LogP contribution in [0.15, 0.2) is 18.2 Å². The standard InChI is InChI=1S/C17H24N2O2S/c1-4-5-11(9-18)19-17-15(21-17)16-10(2)13-8-12(20-3)6-7-14(13)22-16/h6-8,11,15,17,19H,4-5,9,18H2,1-3H3. The number of epoxide rings is 1. The molecule has 3 atom stereocenters. The molecule has 2 aromatic rings. The SMILES string of the molecule is CCCC(CN)NC1OC1c1sc2ccc(OC)cc2c1C. The van der Waals surface area contributed by atoms with Crippen molar-refractivity contribution in [2.75, 3.05) is 13.7 Å². The van der Waals surface area contributed by atoms with Gasteiger partial charge in [-0.25, -0.2) is 0 Å². The Morgan fingerprint density at radius 2 is 2.27 bits per heavy atom. The van der Waals surface area contributed by atoms with Crippen LogP contribution in [0.25, 0.3) is 10.1 Å². The van der Waals surface area contributed by atoms with Gasteiger partial charge in [0.05, 0.1) is 7.11 Å². The highest BCUT2D eigenvalue weighted by molar-refractivity contribution is 7.19. The molecule has 0 amide bonds. The van der Waals surface area contributed by atoms with Crippen LogP contribution < -0.4 is 15.8 Å². The summed E-state index contributed by atoms with van der Waals surface area (Å²) in [6.07, 6.45) is 2.49. The largest absolute Gasteiger partial charge is 0.497 e. The van der Waals surface area contributed by atoms with Gasteiger partial charge in [0.1, 0.15) is 18.1 Å². The molecule has 1 fully saturated rings. The number of aryl methyl sites for hydroxylation is 1. The van der Waals surface area contributed by atoms with Crippen LogP contribution in [-0.2, 0) is 4.74 Å². The molecule has 1 aliphatic rings. The van der Waals surface area contributed by atoms with E-state index in [1.54, 1.807) is 7.11 Å². The molecule has 0 bridgehead atoms. The quantitative estimate of drug-likeness (QED) is 0.768. The fraction of sp³-hybridized carbons (Fsp3) is 0.529. The van der Waals surface area contributed by atoms with Crippen LogP contribution in [0.4, 0.5) is 0 Å². The zero-order chi connectivity index (χ0) is 15.7. The highest BCUT2D eigenvalue weighted by Crippen LogP contribution is 2.46. The molecule has 22 heavy (non-hydrogen) atoms. The van der Waals surface area contributed by atoms with Crippen LogP contribution in [0.5, 0.6) is 5.75 Å². The maximum absolute atomic E-state index is 5.86. The van der Waals surface area contributed by atoms with Gasteiger partial charge in [0, 0.05) is 22.2 Å². The predicted octanol–water partition coefficient (Wildman–Crippen LogP) is 3.33. The summed E-state index contributed by atoms with van der Waals surface area (Å²) >= 11 is 1.81. The highest BCUT2D eigenvalue weighted by Gasteiger charge is 2.43. The third-order valence-electron chi connectivity index (χ3n) is 4.25. The predicted molar refractivity (Wildman–Crippen MR) is 91.6 cm³/mol. The maximum Gasteiger partial charge on any atom is 0.141 e. The normalized spacial score (nSPS) is 22.0.